The van der Waals surface area contributed by atoms with Gasteiger partial charge in [0.05, 0.1) is 0 Å². The minimum absolute atomic E-state index is 0. The summed E-state index contributed by atoms with van der Waals surface area (Å²) in [4.78, 5) is 0. The lowest BCUT2D eigenvalue weighted by Gasteiger charge is -2.26. The lowest BCUT2D eigenvalue weighted by atomic mass is 10.5. The first-order chi connectivity index (χ1) is 6.20. The fourth-order valence-corrected chi connectivity index (χ4v) is 6.93. The van der Waals surface area contributed by atoms with Crippen LogP contribution in [0.3, 0.4) is 0 Å². The SMILES string of the molecule is CC(C)[SiH](C(C)C)C(C)C.CC(S)S.O. The van der Waals surface area contributed by atoms with Gasteiger partial charge in [-0.05, 0) is 6.92 Å². The van der Waals surface area contributed by atoms with Crippen molar-refractivity contribution in [2.24, 2.45) is 0 Å². The van der Waals surface area contributed by atoms with E-state index in [1.807, 2.05) is 6.92 Å². The maximum atomic E-state index is 3.83. The van der Waals surface area contributed by atoms with Gasteiger partial charge in [-0.2, -0.15) is 25.3 Å². The van der Waals surface area contributed by atoms with Gasteiger partial charge in [-0.15, -0.1) is 0 Å². The zero-order valence-corrected chi connectivity index (χ0v) is 14.2. The molecular formula is C11H30OS2Si. The van der Waals surface area contributed by atoms with Crippen molar-refractivity contribution in [3.63, 3.8) is 0 Å². The monoisotopic (exact) mass is 270 g/mol. The Hall–Kier alpha value is 0.877. The Labute approximate surface area is 109 Å². The van der Waals surface area contributed by atoms with Crippen molar-refractivity contribution in [1.82, 2.24) is 0 Å². The van der Waals surface area contributed by atoms with Crippen molar-refractivity contribution in [1.29, 1.82) is 0 Å². The van der Waals surface area contributed by atoms with Crippen molar-refractivity contribution in [3.8, 4) is 0 Å². The standard InChI is InChI=1S/C9H22Si.C2H6S2.H2O/c1-7(2)10(8(3)4)9(5)6;1-2(3)4;/h7-10H,1-6H3;2-4H,1H3;1H2. The van der Waals surface area contributed by atoms with Gasteiger partial charge >= 0.3 is 0 Å². The van der Waals surface area contributed by atoms with Crippen molar-refractivity contribution in [2.75, 3.05) is 0 Å². The molecule has 4 heteroatoms. The molecule has 0 heterocycles. The molecular weight excluding hydrogens is 240 g/mol. The van der Waals surface area contributed by atoms with Gasteiger partial charge in [0.1, 0.15) is 0 Å². The Morgan fingerprint density at radius 2 is 0.800 bits per heavy atom. The molecule has 0 aromatic heterocycles. The third-order valence-corrected chi connectivity index (χ3v) is 6.93. The normalized spacial score (nSPS) is 10.8. The predicted octanol–water partition coefficient (Wildman–Crippen LogP) is 3.81. The lowest BCUT2D eigenvalue weighted by Crippen LogP contribution is -2.24. The van der Waals surface area contributed by atoms with Crippen LogP contribution in [0.25, 0.3) is 0 Å². The Morgan fingerprint density at radius 3 is 0.800 bits per heavy atom. The summed E-state index contributed by atoms with van der Waals surface area (Å²) < 4.78 is 0.222. The molecule has 0 bridgehead atoms. The molecule has 0 amide bonds. The molecule has 0 aromatic rings. The highest BCUT2D eigenvalue weighted by molar-refractivity contribution is 7.99. The number of hydrogen-bond donors (Lipinski definition) is 2. The molecule has 0 aliphatic carbocycles. The largest absolute Gasteiger partial charge is 0.412 e. The fraction of sp³-hybridized carbons (Fsp3) is 1.00. The summed E-state index contributed by atoms with van der Waals surface area (Å²) in [5, 5.41) is 0. The molecule has 0 atom stereocenters. The molecule has 0 aromatic carbocycles. The van der Waals surface area contributed by atoms with E-state index in [0.29, 0.717) is 0 Å². The molecule has 0 radical (unpaired) electrons. The van der Waals surface area contributed by atoms with Gasteiger partial charge < -0.3 is 5.48 Å². The van der Waals surface area contributed by atoms with Gasteiger partial charge in [0.2, 0.25) is 0 Å². The highest BCUT2D eigenvalue weighted by Gasteiger charge is 2.22. The van der Waals surface area contributed by atoms with E-state index in [9.17, 15) is 0 Å². The van der Waals surface area contributed by atoms with Gasteiger partial charge in [0.15, 0.2) is 0 Å². The summed E-state index contributed by atoms with van der Waals surface area (Å²) in [6.45, 7) is 16.2. The molecule has 0 saturated carbocycles. The first-order valence-electron chi connectivity index (χ1n) is 5.56. The molecule has 0 spiro atoms. The second-order valence-electron chi connectivity index (χ2n) is 4.94. The molecule has 0 rings (SSSR count). The second kappa shape index (κ2) is 11.4. The predicted molar refractivity (Wildman–Crippen MR) is 83.5 cm³/mol. The van der Waals surface area contributed by atoms with Gasteiger partial charge in [-0.1, -0.05) is 58.2 Å². The molecule has 0 unspecified atom stereocenters. The second-order valence-corrected chi connectivity index (χ2v) is 12.1. The first-order valence-corrected chi connectivity index (χ1v) is 8.59. The van der Waals surface area contributed by atoms with Crippen LogP contribution in [0.15, 0.2) is 0 Å². The van der Waals surface area contributed by atoms with Gasteiger partial charge in [-0.3, -0.25) is 0 Å². The Morgan fingerprint density at radius 1 is 0.667 bits per heavy atom. The summed E-state index contributed by atoms with van der Waals surface area (Å²) in [5.41, 5.74) is 2.92. The quantitative estimate of drug-likeness (QED) is 0.444. The molecule has 0 aliphatic heterocycles. The van der Waals surface area contributed by atoms with E-state index < -0.39 is 8.80 Å². The average Bonchev–Trinajstić information content (AvgIpc) is 1.80. The number of thiol groups is 2. The van der Waals surface area contributed by atoms with Crippen LogP contribution >= 0.6 is 25.3 Å². The van der Waals surface area contributed by atoms with E-state index >= 15 is 0 Å². The van der Waals surface area contributed by atoms with E-state index in [4.69, 9.17) is 0 Å². The Kier molecular flexibility index (Phi) is 16.1. The van der Waals surface area contributed by atoms with Crippen LogP contribution in [0, 0.1) is 0 Å². The third-order valence-electron chi connectivity index (χ3n) is 2.31. The van der Waals surface area contributed by atoms with Crippen molar-refractivity contribution in [3.05, 3.63) is 0 Å². The molecule has 1 nitrogen and oxygen atoms in total. The summed E-state index contributed by atoms with van der Waals surface area (Å²) in [6, 6.07) is 0. The zero-order valence-electron chi connectivity index (χ0n) is 11.3. The van der Waals surface area contributed by atoms with E-state index in [1.165, 1.54) is 0 Å². The van der Waals surface area contributed by atoms with E-state index in [1.54, 1.807) is 0 Å². The van der Waals surface area contributed by atoms with Gasteiger partial charge in [0.25, 0.3) is 0 Å². The fourth-order valence-electron chi connectivity index (χ4n) is 2.31. The Balaban J connectivity index is -0.000000249. The maximum absolute atomic E-state index is 3.83. The topological polar surface area (TPSA) is 31.5 Å². The summed E-state index contributed by atoms with van der Waals surface area (Å²) in [5.74, 6) is 0. The summed E-state index contributed by atoms with van der Waals surface area (Å²) in [6.07, 6.45) is 0. The Bertz CT molecular complexity index is 106. The minimum Gasteiger partial charge on any atom is -0.412 e. The number of rotatable bonds is 3. The van der Waals surface area contributed by atoms with E-state index in [2.05, 4.69) is 66.8 Å². The molecule has 2 N–H and O–H groups in total. The first kappa shape index (κ1) is 21.2. The molecule has 0 fully saturated rings. The van der Waals surface area contributed by atoms with Crippen LogP contribution in [0.5, 0.6) is 0 Å². The van der Waals surface area contributed by atoms with Crippen LogP contribution in [0.4, 0.5) is 0 Å². The van der Waals surface area contributed by atoms with Crippen LogP contribution < -0.4 is 0 Å². The van der Waals surface area contributed by atoms with Crippen LogP contribution in [0.2, 0.25) is 16.6 Å². The van der Waals surface area contributed by atoms with Gasteiger partial charge in [-0.25, -0.2) is 0 Å². The lowest BCUT2D eigenvalue weighted by molar-refractivity contribution is 0.824. The van der Waals surface area contributed by atoms with Crippen molar-refractivity contribution >= 4 is 34.1 Å². The summed E-state index contributed by atoms with van der Waals surface area (Å²) >= 11 is 7.66. The van der Waals surface area contributed by atoms with E-state index in [-0.39, 0.29) is 10.1 Å². The molecule has 96 valence electrons. The molecule has 0 aliphatic rings. The van der Waals surface area contributed by atoms with E-state index in [0.717, 1.165) is 16.6 Å². The summed E-state index contributed by atoms with van der Waals surface area (Å²) in [7, 11) is -0.454. The zero-order chi connectivity index (χ0) is 11.9. The van der Waals surface area contributed by atoms with Crippen LogP contribution in [-0.4, -0.2) is 18.9 Å². The molecule has 15 heavy (non-hydrogen) atoms. The highest BCUT2D eigenvalue weighted by Crippen LogP contribution is 2.28. The molecule has 0 saturated heterocycles. The van der Waals surface area contributed by atoms with Crippen LogP contribution in [0.1, 0.15) is 48.5 Å². The minimum atomic E-state index is -0.454. The maximum Gasteiger partial charge on any atom is 0.0445 e. The van der Waals surface area contributed by atoms with Gasteiger partial charge in [0, 0.05) is 13.4 Å². The smallest absolute Gasteiger partial charge is 0.0445 e. The van der Waals surface area contributed by atoms with Crippen molar-refractivity contribution in [2.45, 2.75) is 69.7 Å². The highest BCUT2D eigenvalue weighted by atomic mass is 32.2. The average molecular weight is 271 g/mol. The van der Waals surface area contributed by atoms with Crippen molar-refractivity contribution < 1.29 is 5.48 Å². The number of hydrogen-bond acceptors (Lipinski definition) is 2. The van der Waals surface area contributed by atoms with Crippen LogP contribution in [-0.2, 0) is 0 Å². The third kappa shape index (κ3) is 14.9.